The van der Waals surface area contributed by atoms with Crippen LogP contribution in [-0.4, -0.2) is 21.1 Å². The monoisotopic (exact) mass is 244 g/mol. The summed E-state index contributed by atoms with van der Waals surface area (Å²) in [6.45, 7) is 3.67. The molecule has 0 aliphatic heterocycles. The Bertz CT molecular complexity index is 376. The van der Waals surface area contributed by atoms with Crippen molar-refractivity contribution < 1.29 is 4.79 Å². The van der Waals surface area contributed by atoms with E-state index >= 15 is 0 Å². The minimum Gasteiger partial charge on any atom is -0.393 e. The summed E-state index contributed by atoms with van der Waals surface area (Å²) >= 11 is 6.12. The lowest BCUT2D eigenvalue weighted by Gasteiger charge is -2.10. The van der Waals surface area contributed by atoms with Gasteiger partial charge in [-0.05, 0) is 13.3 Å². The van der Waals surface area contributed by atoms with Crippen molar-refractivity contribution in [2.45, 2.75) is 20.3 Å². The van der Waals surface area contributed by atoms with Crippen molar-refractivity contribution in [3.8, 4) is 0 Å². The van der Waals surface area contributed by atoms with Crippen LogP contribution in [0.3, 0.4) is 0 Å². The first-order valence-electron chi connectivity index (χ1n) is 4.45. The Balaban J connectivity index is 2.66. The van der Waals surface area contributed by atoms with Crippen molar-refractivity contribution in [1.29, 1.82) is 0 Å². The molecule has 1 rings (SSSR count). The second-order valence-electron chi connectivity index (χ2n) is 2.98. The van der Waals surface area contributed by atoms with E-state index in [1.165, 1.54) is 11.3 Å². The highest BCUT2D eigenvalue weighted by molar-refractivity contribution is 7.80. The number of nitrogens with two attached hydrogens (primary N) is 1. The first-order chi connectivity index (χ1) is 7.04. The number of thiocarbonyl (C=S) groups is 1. The lowest BCUT2D eigenvalue weighted by Crippen LogP contribution is -2.32. The number of carbonyl (C=O) groups is 1. The molecular formula is C8H12N4OS2. The van der Waals surface area contributed by atoms with Gasteiger partial charge in [0, 0.05) is 0 Å². The Morgan fingerprint density at radius 1 is 1.67 bits per heavy atom. The molecule has 0 saturated heterocycles. The van der Waals surface area contributed by atoms with E-state index in [4.69, 9.17) is 18.0 Å². The molecular weight excluding hydrogens is 232 g/mol. The topological polar surface area (TPSA) is 80.9 Å². The zero-order valence-corrected chi connectivity index (χ0v) is 10.1. The Kier molecular flexibility index (Phi) is 4.10. The first kappa shape index (κ1) is 12.0. The summed E-state index contributed by atoms with van der Waals surface area (Å²) in [5, 5.41) is 11.5. The van der Waals surface area contributed by atoms with Gasteiger partial charge in [0.05, 0.1) is 10.9 Å². The summed E-state index contributed by atoms with van der Waals surface area (Å²) < 4.78 is 0. The minimum atomic E-state index is -0.441. The van der Waals surface area contributed by atoms with Gasteiger partial charge in [0.1, 0.15) is 5.01 Å². The predicted octanol–water partition coefficient (Wildman–Crippen LogP) is 1.10. The molecule has 3 N–H and O–H groups in total. The third-order valence-corrected chi connectivity index (χ3v) is 2.86. The van der Waals surface area contributed by atoms with Crippen LogP contribution in [0.2, 0.25) is 0 Å². The van der Waals surface area contributed by atoms with Crippen LogP contribution in [-0.2, 0) is 4.79 Å². The van der Waals surface area contributed by atoms with Crippen molar-refractivity contribution in [2.24, 2.45) is 11.7 Å². The number of nitrogens with zero attached hydrogens (tertiary/aromatic N) is 2. The Hall–Kier alpha value is -1.08. The number of aryl methyl sites for hydroxylation is 1. The molecule has 1 unspecified atom stereocenters. The van der Waals surface area contributed by atoms with Crippen molar-refractivity contribution in [1.82, 2.24) is 10.2 Å². The molecule has 0 aliphatic rings. The molecule has 15 heavy (non-hydrogen) atoms. The lowest BCUT2D eigenvalue weighted by atomic mass is 10.1. The van der Waals surface area contributed by atoms with Gasteiger partial charge in [-0.25, -0.2) is 0 Å². The van der Waals surface area contributed by atoms with E-state index in [0.29, 0.717) is 11.6 Å². The van der Waals surface area contributed by atoms with Crippen LogP contribution in [0.5, 0.6) is 0 Å². The van der Waals surface area contributed by atoms with Gasteiger partial charge < -0.3 is 5.73 Å². The lowest BCUT2D eigenvalue weighted by molar-refractivity contribution is -0.118. The van der Waals surface area contributed by atoms with Crippen LogP contribution in [0.25, 0.3) is 0 Å². The summed E-state index contributed by atoms with van der Waals surface area (Å²) in [4.78, 5) is 11.9. The molecule has 0 fully saturated rings. The third kappa shape index (κ3) is 3.21. The van der Waals surface area contributed by atoms with Crippen LogP contribution in [0.1, 0.15) is 18.4 Å². The van der Waals surface area contributed by atoms with Gasteiger partial charge in [0.15, 0.2) is 0 Å². The smallest absolute Gasteiger partial charge is 0.236 e. The Morgan fingerprint density at radius 2 is 2.33 bits per heavy atom. The first-order valence-corrected chi connectivity index (χ1v) is 5.67. The van der Waals surface area contributed by atoms with E-state index in [-0.39, 0.29) is 10.9 Å². The number of nitrogens with one attached hydrogen (secondary N) is 1. The van der Waals surface area contributed by atoms with Gasteiger partial charge >= 0.3 is 0 Å². The van der Waals surface area contributed by atoms with Gasteiger partial charge in [-0.2, -0.15) is 0 Å². The van der Waals surface area contributed by atoms with Gasteiger partial charge in [-0.1, -0.05) is 30.5 Å². The maximum atomic E-state index is 11.7. The predicted molar refractivity (Wildman–Crippen MR) is 63.8 cm³/mol. The van der Waals surface area contributed by atoms with Crippen molar-refractivity contribution in [3.05, 3.63) is 5.01 Å². The fourth-order valence-electron chi connectivity index (χ4n) is 1.06. The van der Waals surface area contributed by atoms with Crippen molar-refractivity contribution in [3.63, 3.8) is 0 Å². The molecule has 0 saturated carbocycles. The minimum absolute atomic E-state index is 0.205. The van der Waals surface area contributed by atoms with Gasteiger partial charge in [-0.3, -0.25) is 10.1 Å². The molecule has 0 aromatic carbocycles. The zero-order chi connectivity index (χ0) is 11.4. The maximum Gasteiger partial charge on any atom is 0.236 e. The molecule has 82 valence electrons. The molecule has 1 aromatic heterocycles. The Labute approximate surface area is 97.1 Å². The summed E-state index contributed by atoms with van der Waals surface area (Å²) in [6, 6.07) is 0. The highest BCUT2D eigenvalue weighted by atomic mass is 32.1. The molecule has 5 nitrogen and oxygen atoms in total. The Morgan fingerprint density at radius 3 is 2.73 bits per heavy atom. The quantitative estimate of drug-likeness (QED) is 0.775. The maximum absolute atomic E-state index is 11.7. The SMILES string of the molecule is CCC(C(=O)Nc1nnc(C)s1)C(N)=S. The second kappa shape index (κ2) is 5.13. The molecule has 1 heterocycles. The van der Waals surface area contributed by atoms with Crippen molar-refractivity contribution in [2.75, 3.05) is 5.32 Å². The van der Waals surface area contributed by atoms with Gasteiger partial charge in [0.2, 0.25) is 11.0 Å². The van der Waals surface area contributed by atoms with Gasteiger partial charge in [0.25, 0.3) is 0 Å². The molecule has 7 heteroatoms. The summed E-state index contributed by atoms with van der Waals surface area (Å²) in [5.74, 6) is -0.662. The molecule has 0 aliphatic carbocycles. The van der Waals surface area contributed by atoms with Crippen LogP contribution >= 0.6 is 23.6 Å². The zero-order valence-electron chi connectivity index (χ0n) is 8.48. The summed E-state index contributed by atoms with van der Waals surface area (Å²) in [6.07, 6.45) is 0.582. The van der Waals surface area contributed by atoms with E-state index in [1.54, 1.807) is 0 Å². The van der Waals surface area contributed by atoms with E-state index in [2.05, 4.69) is 15.5 Å². The van der Waals surface area contributed by atoms with Crippen LogP contribution < -0.4 is 11.1 Å². The summed E-state index contributed by atoms with van der Waals surface area (Å²) in [5.41, 5.74) is 5.44. The molecule has 0 radical (unpaired) electrons. The molecule has 1 aromatic rings. The standard InChI is InChI=1S/C8H12N4OS2/c1-3-5(6(9)14)7(13)10-8-12-11-4(2)15-8/h5H,3H2,1-2H3,(H2,9,14)(H,10,12,13). The van der Waals surface area contributed by atoms with Crippen LogP contribution in [0, 0.1) is 12.8 Å². The van der Waals surface area contributed by atoms with Crippen LogP contribution in [0.4, 0.5) is 5.13 Å². The van der Waals surface area contributed by atoms with Gasteiger partial charge in [-0.15, -0.1) is 10.2 Å². The molecule has 0 bridgehead atoms. The van der Waals surface area contributed by atoms with E-state index < -0.39 is 5.92 Å². The number of rotatable bonds is 4. The highest BCUT2D eigenvalue weighted by Crippen LogP contribution is 2.15. The number of amides is 1. The normalized spacial score (nSPS) is 12.1. The molecule has 1 amide bonds. The second-order valence-corrected chi connectivity index (χ2v) is 4.63. The molecule has 1 atom stereocenters. The largest absolute Gasteiger partial charge is 0.393 e. The average Bonchev–Trinajstić information content (AvgIpc) is 2.51. The van der Waals surface area contributed by atoms with E-state index in [0.717, 1.165) is 5.01 Å². The number of hydrogen-bond donors (Lipinski definition) is 2. The van der Waals surface area contributed by atoms with Crippen LogP contribution in [0.15, 0.2) is 0 Å². The number of anilines is 1. The molecule has 0 spiro atoms. The third-order valence-electron chi connectivity index (χ3n) is 1.82. The van der Waals surface area contributed by atoms with E-state index in [1.807, 2.05) is 13.8 Å². The average molecular weight is 244 g/mol. The highest BCUT2D eigenvalue weighted by Gasteiger charge is 2.20. The van der Waals surface area contributed by atoms with Crippen molar-refractivity contribution >= 4 is 39.6 Å². The summed E-state index contributed by atoms with van der Waals surface area (Å²) in [7, 11) is 0. The fraction of sp³-hybridized carbons (Fsp3) is 0.500. The number of hydrogen-bond acceptors (Lipinski definition) is 5. The number of carbonyl (C=O) groups excluding carboxylic acids is 1. The fourth-order valence-corrected chi connectivity index (χ4v) is 1.92. The van der Waals surface area contributed by atoms with E-state index in [9.17, 15) is 4.79 Å². The number of aromatic nitrogens is 2.